The largest absolute Gasteiger partial charge is 0.481 e. The molecule has 0 saturated carbocycles. The van der Waals surface area contributed by atoms with Crippen LogP contribution in [0, 0.1) is 5.92 Å². The summed E-state index contributed by atoms with van der Waals surface area (Å²) in [7, 11) is 0. The minimum Gasteiger partial charge on any atom is -0.481 e. The molecule has 0 spiro atoms. The molecule has 1 aromatic heterocycles. The van der Waals surface area contributed by atoms with Gasteiger partial charge in [-0.15, -0.1) is 0 Å². The van der Waals surface area contributed by atoms with Crippen LogP contribution in [0.4, 0.5) is 5.82 Å². The van der Waals surface area contributed by atoms with Gasteiger partial charge >= 0.3 is 5.97 Å². The van der Waals surface area contributed by atoms with Gasteiger partial charge in [-0.1, -0.05) is 29.8 Å². The van der Waals surface area contributed by atoms with Crippen molar-refractivity contribution >= 4 is 29.3 Å². The Morgan fingerprint density at radius 2 is 2.12 bits per heavy atom. The number of aromatic nitrogens is 2. The molecule has 0 aliphatic carbocycles. The van der Waals surface area contributed by atoms with Gasteiger partial charge in [-0.05, 0) is 31.0 Å². The van der Waals surface area contributed by atoms with Crippen LogP contribution in [0.1, 0.15) is 18.4 Å². The van der Waals surface area contributed by atoms with E-state index >= 15 is 0 Å². The SMILES string of the molecule is O=C(CN1CCCC(C(=O)O)C1)Nc1ccnn1Cc1ccccc1Cl. The smallest absolute Gasteiger partial charge is 0.307 e. The van der Waals surface area contributed by atoms with Gasteiger partial charge in [0.2, 0.25) is 5.91 Å². The molecule has 26 heavy (non-hydrogen) atoms. The molecule has 1 fully saturated rings. The zero-order chi connectivity index (χ0) is 18.5. The van der Waals surface area contributed by atoms with E-state index in [9.17, 15) is 9.59 Å². The Bertz CT molecular complexity index is 792. The molecule has 1 aliphatic heterocycles. The van der Waals surface area contributed by atoms with Crippen LogP contribution in [0.5, 0.6) is 0 Å². The molecule has 0 bridgehead atoms. The van der Waals surface area contributed by atoms with Crippen molar-refractivity contribution in [3.63, 3.8) is 0 Å². The van der Waals surface area contributed by atoms with E-state index in [2.05, 4.69) is 10.4 Å². The molecule has 8 heteroatoms. The van der Waals surface area contributed by atoms with Crippen molar-refractivity contribution in [3.05, 3.63) is 47.1 Å². The van der Waals surface area contributed by atoms with Crippen molar-refractivity contribution in [1.82, 2.24) is 14.7 Å². The van der Waals surface area contributed by atoms with Crippen LogP contribution in [0.3, 0.4) is 0 Å². The number of anilines is 1. The first-order valence-corrected chi connectivity index (χ1v) is 8.91. The van der Waals surface area contributed by atoms with Gasteiger partial charge in [-0.25, -0.2) is 4.68 Å². The van der Waals surface area contributed by atoms with E-state index in [1.54, 1.807) is 16.9 Å². The number of nitrogens with one attached hydrogen (secondary N) is 1. The lowest BCUT2D eigenvalue weighted by atomic mass is 9.98. The van der Waals surface area contributed by atoms with Crippen LogP contribution in [-0.4, -0.2) is 51.3 Å². The number of benzene rings is 1. The normalized spacial score (nSPS) is 17.8. The Morgan fingerprint density at radius 3 is 2.88 bits per heavy atom. The molecule has 1 aliphatic rings. The van der Waals surface area contributed by atoms with Crippen molar-refractivity contribution in [2.24, 2.45) is 5.92 Å². The number of hydrogen-bond acceptors (Lipinski definition) is 4. The lowest BCUT2D eigenvalue weighted by Crippen LogP contribution is -2.42. The maximum atomic E-state index is 12.4. The van der Waals surface area contributed by atoms with E-state index in [0.29, 0.717) is 30.4 Å². The number of piperidine rings is 1. The molecular formula is C18H21ClN4O3. The molecule has 2 heterocycles. The van der Waals surface area contributed by atoms with Crippen molar-refractivity contribution in [2.75, 3.05) is 25.0 Å². The minimum absolute atomic E-state index is 0.168. The highest BCUT2D eigenvalue weighted by Crippen LogP contribution is 2.19. The predicted octanol–water partition coefficient (Wildman–Crippen LogP) is 2.32. The summed E-state index contributed by atoms with van der Waals surface area (Å²) in [5, 5.41) is 16.9. The van der Waals surface area contributed by atoms with E-state index in [1.165, 1.54) is 0 Å². The maximum Gasteiger partial charge on any atom is 0.307 e. The van der Waals surface area contributed by atoms with Crippen LogP contribution < -0.4 is 5.32 Å². The van der Waals surface area contributed by atoms with E-state index in [-0.39, 0.29) is 12.5 Å². The Kier molecular flexibility index (Phi) is 5.90. The highest BCUT2D eigenvalue weighted by Gasteiger charge is 2.26. The Labute approximate surface area is 156 Å². The Balaban J connectivity index is 1.59. The highest BCUT2D eigenvalue weighted by atomic mass is 35.5. The summed E-state index contributed by atoms with van der Waals surface area (Å²) in [6, 6.07) is 9.22. The monoisotopic (exact) mass is 376 g/mol. The molecule has 1 aromatic carbocycles. The van der Waals surface area contributed by atoms with E-state index in [0.717, 1.165) is 18.5 Å². The highest BCUT2D eigenvalue weighted by molar-refractivity contribution is 6.31. The van der Waals surface area contributed by atoms with Crippen molar-refractivity contribution in [3.8, 4) is 0 Å². The number of carboxylic acids is 1. The summed E-state index contributed by atoms with van der Waals surface area (Å²) in [5.74, 6) is -0.797. The van der Waals surface area contributed by atoms with E-state index < -0.39 is 11.9 Å². The molecular weight excluding hydrogens is 356 g/mol. The molecule has 1 atom stereocenters. The molecule has 2 N–H and O–H groups in total. The lowest BCUT2D eigenvalue weighted by Gasteiger charge is -2.29. The third-order valence-electron chi connectivity index (χ3n) is 4.48. The molecule has 0 radical (unpaired) electrons. The summed E-state index contributed by atoms with van der Waals surface area (Å²) >= 11 is 6.18. The second-order valence-corrected chi connectivity index (χ2v) is 6.83. The number of likely N-dealkylation sites (tertiary alicyclic amines) is 1. The first-order valence-electron chi connectivity index (χ1n) is 8.53. The number of carboxylic acid groups (broad SMARTS) is 1. The molecule has 2 aromatic rings. The first-order chi connectivity index (χ1) is 12.5. The summed E-state index contributed by atoms with van der Waals surface area (Å²) in [5.41, 5.74) is 0.911. The number of aliphatic carboxylic acids is 1. The fraction of sp³-hybridized carbons (Fsp3) is 0.389. The van der Waals surface area contributed by atoms with E-state index in [4.69, 9.17) is 16.7 Å². The second kappa shape index (κ2) is 8.33. The summed E-state index contributed by atoms with van der Waals surface area (Å²) in [6.45, 7) is 1.76. The van der Waals surface area contributed by atoms with E-state index in [1.807, 2.05) is 29.2 Å². The molecule has 7 nitrogen and oxygen atoms in total. The third-order valence-corrected chi connectivity index (χ3v) is 4.85. The molecule has 1 amide bonds. The number of rotatable bonds is 6. The van der Waals surface area contributed by atoms with Crippen LogP contribution >= 0.6 is 11.6 Å². The minimum atomic E-state index is -0.798. The number of carbonyl (C=O) groups is 2. The summed E-state index contributed by atoms with van der Waals surface area (Å²) in [6.07, 6.45) is 3.07. The van der Waals surface area contributed by atoms with Gasteiger partial charge in [0.15, 0.2) is 0 Å². The van der Waals surface area contributed by atoms with Gasteiger partial charge in [0.1, 0.15) is 5.82 Å². The third kappa shape index (κ3) is 4.62. The number of amides is 1. The van der Waals surface area contributed by atoms with Gasteiger partial charge in [0.05, 0.1) is 25.2 Å². The summed E-state index contributed by atoms with van der Waals surface area (Å²) in [4.78, 5) is 25.4. The Morgan fingerprint density at radius 1 is 1.31 bits per heavy atom. The molecule has 3 rings (SSSR count). The molecule has 1 saturated heterocycles. The fourth-order valence-electron chi connectivity index (χ4n) is 3.14. The van der Waals surface area contributed by atoms with Gasteiger partial charge in [-0.3, -0.25) is 14.5 Å². The van der Waals surface area contributed by atoms with Crippen molar-refractivity contribution in [2.45, 2.75) is 19.4 Å². The van der Waals surface area contributed by atoms with Gasteiger partial charge < -0.3 is 10.4 Å². The van der Waals surface area contributed by atoms with Crippen LogP contribution in [0.25, 0.3) is 0 Å². The standard InChI is InChI=1S/C18H21ClN4O3/c19-15-6-2-1-4-13(15)11-23-16(7-8-20-23)21-17(24)12-22-9-3-5-14(10-22)18(25)26/h1-2,4,6-8,14H,3,5,9-12H2,(H,21,24)(H,25,26). The average Bonchev–Trinajstić information content (AvgIpc) is 3.04. The van der Waals surface area contributed by atoms with Gasteiger partial charge in [0.25, 0.3) is 0 Å². The number of halogens is 1. The van der Waals surface area contributed by atoms with Crippen molar-refractivity contribution < 1.29 is 14.7 Å². The van der Waals surface area contributed by atoms with Crippen LogP contribution in [0.15, 0.2) is 36.5 Å². The van der Waals surface area contributed by atoms with Gasteiger partial charge in [0, 0.05) is 17.6 Å². The zero-order valence-corrected chi connectivity index (χ0v) is 15.0. The van der Waals surface area contributed by atoms with Crippen molar-refractivity contribution in [1.29, 1.82) is 0 Å². The number of nitrogens with zero attached hydrogens (tertiary/aromatic N) is 3. The number of carbonyl (C=O) groups excluding carboxylic acids is 1. The lowest BCUT2D eigenvalue weighted by molar-refractivity contribution is -0.144. The molecule has 1 unspecified atom stereocenters. The average molecular weight is 377 g/mol. The quantitative estimate of drug-likeness (QED) is 0.807. The second-order valence-electron chi connectivity index (χ2n) is 6.43. The zero-order valence-electron chi connectivity index (χ0n) is 14.3. The first kappa shape index (κ1) is 18.4. The fourth-order valence-corrected chi connectivity index (χ4v) is 3.33. The number of hydrogen-bond donors (Lipinski definition) is 2. The summed E-state index contributed by atoms with van der Waals surface area (Å²) < 4.78 is 1.68. The predicted molar refractivity (Wildman–Crippen MR) is 98.2 cm³/mol. The van der Waals surface area contributed by atoms with Crippen LogP contribution in [0.2, 0.25) is 5.02 Å². The van der Waals surface area contributed by atoms with Crippen LogP contribution in [-0.2, 0) is 16.1 Å². The van der Waals surface area contributed by atoms with Gasteiger partial charge in [-0.2, -0.15) is 5.10 Å². The maximum absolute atomic E-state index is 12.4. The molecule has 138 valence electrons. The Hall–Kier alpha value is -2.38. The topological polar surface area (TPSA) is 87.5 Å².